The average Bonchev–Trinajstić information content (AvgIpc) is 2.64. The first-order valence-corrected chi connectivity index (χ1v) is 6.57. The van der Waals surface area contributed by atoms with Crippen molar-refractivity contribution in [3.8, 4) is 0 Å². The first-order valence-electron chi connectivity index (χ1n) is 6.57. The molecular formula is C13H26ClN3O2. The van der Waals surface area contributed by atoms with Gasteiger partial charge in [-0.25, -0.2) is 0 Å². The third-order valence-electron chi connectivity index (χ3n) is 3.72. The van der Waals surface area contributed by atoms with Crippen LogP contribution in [0.3, 0.4) is 0 Å². The molecule has 1 rings (SSSR count). The maximum Gasteiger partial charge on any atom is 0.227 e. The molecule has 5 nitrogen and oxygen atoms in total. The van der Waals surface area contributed by atoms with Gasteiger partial charge in [-0.3, -0.25) is 9.59 Å². The van der Waals surface area contributed by atoms with Gasteiger partial charge >= 0.3 is 0 Å². The molecule has 1 saturated heterocycles. The van der Waals surface area contributed by atoms with E-state index in [2.05, 4.69) is 13.8 Å². The molecule has 0 spiro atoms. The summed E-state index contributed by atoms with van der Waals surface area (Å²) in [5.41, 5.74) is 5.96. The van der Waals surface area contributed by atoms with E-state index < -0.39 is 0 Å². The summed E-state index contributed by atoms with van der Waals surface area (Å²) < 4.78 is 0. The van der Waals surface area contributed by atoms with Crippen molar-refractivity contribution in [3.05, 3.63) is 0 Å². The lowest BCUT2D eigenvalue weighted by Gasteiger charge is -2.23. The highest BCUT2D eigenvalue weighted by molar-refractivity contribution is 5.89. The molecule has 2 atom stereocenters. The number of carbonyl (C=O) groups is 2. The van der Waals surface area contributed by atoms with E-state index in [4.69, 9.17) is 5.73 Å². The third kappa shape index (κ3) is 4.99. The van der Waals surface area contributed by atoms with Gasteiger partial charge in [-0.05, 0) is 12.3 Å². The molecule has 1 heterocycles. The molecule has 2 N–H and O–H groups in total. The molecule has 1 fully saturated rings. The number of hydrogen-bond donors (Lipinski definition) is 1. The summed E-state index contributed by atoms with van der Waals surface area (Å²) in [5.74, 6) is 0.361. The van der Waals surface area contributed by atoms with Gasteiger partial charge in [0, 0.05) is 39.6 Å². The van der Waals surface area contributed by atoms with Crippen LogP contribution in [-0.4, -0.2) is 54.8 Å². The topological polar surface area (TPSA) is 66.6 Å². The number of halogens is 1. The summed E-state index contributed by atoms with van der Waals surface area (Å²) in [4.78, 5) is 26.9. The second kappa shape index (κ2) is 7.70. The molecule has 2 unspecified atom stereocenters. The number of likely N-dealkylation sites (tertiary alicyclic amines) is 1. The van der Waals surface area contributed by atoms with Gasteiger partial charge in [-0.1, -0.05) is 13.8 Å². The van der Waals surface area contributed by atoms with Crippen LogP contribution < -0.4 is 5.73 Å². The molecule has 0 aliphatic carbocycles. The Labute approximate surface area is 121 Å². The van der Waals surface area contributed by atoms with Gasteiger partial charge in [-0.15, -0.1) is 12.4 Å². The monoisotopic (exact) mass is 291 g/mol. The Morgan fingerprint density at radius 1 is 1.53 bits per heavy atom. The lowest BCUT2D eigenvalue weighted by atomic mass is 10.0. The van der Waals surface area contributed by atoms with E-state index >= 15 is 0 Å². The molecule has 0 saturated carbocycles. The fraction of sp³-hybridized carbons (Fsp3) is 0.846. The summed E-state index contributed by atoms with van der Waals surface area (Å²) in [7, 11) is 3.53. The number of amides is 2. The van der Waals surface area contributed by atoms with Crippen molar-refractivity contribution in [2.75, 3.05) is 27.2 Å². The smallest absolute Gasteiger partial charge is 0.227 e. The van der Waals surface area contributed by atoms with Crippen LogP contribution in [-0.2, 0) is 9.59 Å². The maximum absolute atomic E-state index is 12.1. The number of nitrogens with two attached hydrogens (primary N) is 1. The Kier molecular flexibility index (Phi) is 7.37. The van der Waals surface area contributed by atoms with Crippen LogP contribution in [0.5, 0.6) is 0 Å². The molecule has 0 aromatic rings. The van der Waals surface area contributed by atoms with Crippen molar-refractivity contribution in [3.63, 3.8) is 0 Å². The van der Waals surface area contributed by atoms with E-state index in [0.717, 1.165) is 6.42 Å². The third-order valence-corrected chi connectivity index (χ3v) is 3.72. The van der Waals surface area contributed by atoms with Gasteiger partial charge in [0.1, 0.15) is 0 Å². The zero-order chi connectivity index (χ0) is 13.9. The fourth-order valence-corrected chi connectivity index (χ4v) is 2.13. The molecule has 2 amide bonds. The van der Waals surface area contributed by atoms with E-state index in [1.54, 1.807) is 23.9 Å². The Morgan fingerprint density at radius 2 is 2.11 bits per heavy atom. The number of rotatable bonds is 5. The minimum absolute atomic E-state index is 0. The summed E-state index contributed by atoms with van der Waals surface area (Å²) >= 11 is 0. The van der Waals surface area contributed by atoms with Gasteiger partial charge in [-0.2, -0.15) is 0 Å². The molecular weight excluding hydrogens is 266 g/mol. The van der Waals surface area contributed by atoms with Crippen molar-refractivity contribution in [1.82, 2.24) is 9.80 Å². The van der Waals surface area contributed by atoms with Crippen LogP contribution >= 0.6 is 12.4 Å². The molecule has 112 valence electrons. The number of hydrogen-bond acceptors (Lipinski definition) is 3. The first kappa shape index (κ1) is 18.2. The summed E-state index contributed by atoms with van der Waals surface area (Å²) in [6.45, 7) is 5.36. The van der Waals surface area contributed by atoms with Crippen LogP contribution in [0.15, 0.2) is 0 Å². The van der Waals surface area contributed by atoms with Gasteiger partial charge in [0.15, 0.2) is 0 Å². The molecule has 0 aromatic heterocycles. The summed E-state index contributed by atoms with van der Waals surface area (Å²) in [6.07, 6.45) is 1.15. The molecule has 0 aromatic carbocycles. The zero-order valence-electron chi connectivity index (χ0n) is 12.3. The number of carbonyl (C=O) groups excluding carboxylic acids is 2. The minimum Gasteiger partial charge on any atom is -0.345 e. The second-order valence-corrected chi connectivity index (χ2v) is 5.63. The Balaban J connectivity index is 0.00000324. The van der Waals surface area contributed by atoms with E-state index in [1.807, 2.05) is 0 Å². The van der Waals surface area contributed by atoms with E-state index in [1.165, 1.54) is 0 Å². The van der Waals surface area contributed by atoms with E-state index in [-0.39, 0.29) is 36.2 Å². The maximum atomic E-state index is 12.1. The lowest BCUT2D eigenvalue weighted by molar-refractivity contribution is -0.134. The first-order chi connectivity index (χ1) is 8.32. The van der Waals surface area contributed by atoms with E-state index in [0.29, 0.717) is 25.4 Å². The SMILES string of the molecule is CC(C)C(N)CCN(C)C(=O)C1CC(=O)N(C)C1.Cl. The van der Waals surface area contributed by atoms with Crippen molar-refractivity contribution >= 4 is 24.2 Å². The summed E-state index contributed by atoms with van der Waals surface area (Å²) in [5, 5.41) is 0. The van der Waals surface area contributed by atoms with Crippen molar-refractivity contribution in [2.24, 2.45) is 17.6 Å². The average molecular weight is 292 g/mol. The molecule has 0 bridgehead atoms. The highest BCUT2D eigenvalue weighted by Crippen LogP contribution is 2.18. The highest BCUT2D eigenvalue weighted by atomic mass is 35.5. The normalized spacial score (nSPS) is 20.4. The largest absolute Gasteiger partial charge is 0.345 e. The second-order valence-electron chi connectivity index (χ2n) is 5.63. The Hall–Kier alpha value is -0.810. The Morgan fingerprint density at radius 3 is 2.53 bits per heavy atom. The van der Waals surface area contributed by atoms with Gasteiger partial charge < -0.3 is 15.5 Å². The van der Waals surface area contributed by atoms with Crippen LogP contribution in [0.4, 0.5) is 0 Å². The van der Waals surface area contributed by atoms with E-state index in [9.17, 15) is 9.59 Å². The van der Waals surface area contributed by atoms with Gasteiger partial charge in [0.05, 0.1) is 5.92 Å². The molecule has 1 aliphatic rings. The molecule has 0 radical (unpaired) electrons. The van der Waals surface area contributed by atoms with Crippen molar-refractivity contribution in [2.45, 2.75) is 32.7 Å². The van der Waals surface area contributed by atoms with Crippen LogP contribution in [0.2, 0.25) is 0 Å². The Bertz CT molecular complexity index is 323. The predicted octanol–water partition coefficient (Wildman–Crippen LogP) is 0.718. The molecule has 1 aliphatic heterocycles. The number of nitrogens with zero attached hydrogens (tertiary/aromatic N) is 2. The molecule has 6 heteroatoms. The van der Waals surface area contributed by atoms with Gasteiger partial charge in [0.2, 0.25) is 11.8 Å². The minimum atomic E-state index is -0.178. The van der Waals surface area contributed by atoms with Crippen molar-refractivity contribution in [1.29, 1.82) is 0 Å². The summed E-state index contributed by atoms with van der Waals surface area (Å²) in [6, 6.07) is 0.119. The van der Waals surface area contributed by atoms with Crippen LogP contribution in [0.1, 0.15) is 26.7 Å². The highest BCUT2D eigenvalue weighted by Gasteiger charge is 2.33. The quantitative estimate of drug-likeness (QED) is 0.811. The van der Waals surface area contributed by atoms with Gasteiger partial charge in [0.25, 0.3) is 0 Å². The lowest BCUT2D eigenvalue weighted by Crippen LogP contribution is -2.38. The van der Waals surface area contributed by atoms with Crippen LogP contribution in [0.25, 0.3) is 0 Å². The standard InChI is InChI=1S/C13H25N3O2.ClH/c1-9(2)11(14)5-6-15(3)13(18)10-7-12(17)16(4)8-10;/h9-11H,5-8,14H2,1-4H3;1H. The zero-order valence-corrected chi connectivity index (χ0v) is 13.1. The molecule has 19 heavy (non-hydrogen) atoms. The fourth-order valence-electron chi connectivity index (χ4n) is 2.13. The predicted molar refractivity (Wildman–Crippen MR) is 78.1 cm³/mol. The van der Waals surface area contributed by atoms with Crippen molar-refractivity contribution < 1.29 is 9.59 Å². The van der Waals surface area contributed by atoms with Crippen LogP contribution in [0, 0.1) is 11.8 Å².